The average molecular weight is 246 g/mol. The Morgan fingerprint density at radius 3 is 3.00 bits per heavy atom. The van der Waals surface area contributed by atoms with Crippen LogP contribution in [0.15, 0.2) is 30.9 Å². The largest absolute Gasteiger partial charge is 0.345 e. The SMILES string of the molecule is CC(NC(=O)c1ccncc1NN)c1cn[nH]c1. The second-order valence-electron chi connectivity index (χ2n) is 3.79. The Hall–Kier alpha value is -2.41. The number of amides is 1. The third-order valence-electron chi connectivity index (χ3n) is 2.59. The number of aromatic amines is 1. The highest BCUT2D eigenvalue weighted by Gasteiger charge is 2.14. The summed E-state index contributed by atoms with van der Waals surface area (Å²) in [5.74, 6) is 5.11. The summed E-state index contributed by atoms with van der Waals surface area (Å²) in [6.45, 7) is 1.87. The van der Waals surface area contributed by atoms with Gasteiger partial charge in [0, 0.05) is 18.0 Å². The molecule has 2 rings (SSSR count). The predicted molar refractivity (Wildman–Crippen MR) is 66.5 cm³/mol. The van der Waals surface area contributed by atoms with Gasteiger partial charge in [0.25, 0.3) is 5.91 Å². The standard InChI is InChI=1S/C11H14N6O/c1-7(8-4-14-15-5-8)16-11(18)9-2-3-13-6-10(9)17-12/h2-7,17H,12H2,1H3,(H,14,15)(H,16,18). The van der Waals surface area contributed by atoms with E-state index in [4.69, 9.17) is 5.84 Å². The second kappa shape index (κ2) is 5.28. The van der Waals surface area contributed by atoms with Crippen molar-refractivity contribution >= 4 is 11.6 Å². The van der Waals surface area contributed by atoms with Crippen LogP contribution in [0.5, 0.6) is 0 Å². The molecule has 0 aliphatic rings. The summed E-state index contributed by atoms with van der Waals surface area (Å²) in [4.78, 5) is 16.0. The molecule has 0 spiro atoms. The van der Waals surface area contributed by atoms with Gasteiger partial charge in [-0.05, 0) is 13.0 Å². The van der Waals surface area contributed by atoms with E-state index < -0.39 is 0 Å². The van der Waals surface area contributed by atoms with Gasteiger partial charge in [-0.25, -0.2) is 0 Å². The summed E-state index contributed by atoms with van der Waals surface area (Å²) in [5.41, 5.74) is 4.27. The summed E-state index contributed by atoms with van der Waals surface area (Å²) < 4.78 is 0. The first-order chi connectivity index (χ1) is 8.72. The molecule has 1 unspecified atom stereocenters. The first-order valence-electron chi connectivity index (χ1n) is 5.42. The number of aromatic nitrogens is 3. The van der Waals surface area contributed by atoms with Crippen molar-refractivity contribution in [2.75, 3.05) is 5.43 Å². The van der Waals surface area contributed by atoms with Gasteiger partial charge in [-0.1, -0.05) is 0 Å². The number of nitrogens with zero attached hydrogens (tertiary/aromatic N) is 2. The van der Waals surface area contributed by atoms with Crippen LogP contribution in [0.2, 0.25) is 0 Å². The molecule has 0 saturated carbocycles. The molecule has 0 saturated heterocycles. The fraction of sp³-hybridized carbons (Fsp3) is 0.182. The molecule has 0 radical (unpaired) electrons. The Kier molecular flexibility index (Phi) is 3.54. The predicted octanol–water partition coefficient (Wildman–Crippen LogP) is 0.581. The van der Waals surface area contributed by atoms with Gasteiger partial charge in [-0.2, -0.15) is 5.10 Å². The Balaban J connectivity index is 2.12. The van der Waals surface area contributed by atoms with E-state index in [2.05, 4.69) is 25.9 Å². The molecule has 0 fully saturated rings. The summed E-state index contributed by atoms with van der Waals surface area (Å²) in [5, 5.41) is 9.39. The van der Waals surface area contributed by atoms with E-state index in [0.717, 1.165) is 5.56 Å². The maximum atomic E-state index is 12.1. The summed E-state index contributed by atoms with van der Waals surface area (Å²) in [7, 11) is 0. The minimum atomic E-state index is -0.223. The summed E-state index contributed by atoms with van der Waals surface area (Å²) in [6.07, 6.45) is 6.44. The number of anilines is 1. The summed E-state index contributed by atoms with van der Waals surface area (Å²) >= 11 is 0. The molecule has 2 heterocycles. The zero-order valence-electron chi connectivity index (χ0n) is 9.84. The van der Waals surface area contributed by atoms with Crippen molar-refractivity contribution in [3.8, 4) is 0 Å². The van der Waals surface area contributed by atoms with E-state index in [9.17, 15) is 4.79 Å². The first kappa shape index (κ1) is 12.1. The molecule has 2 aromatic heterocycles. The Morgan fingerprint density at radius 1 is 1.50 bits per heavy atom. The highest BCUT2D eigenvalue weighted by Crippen LogP contribution is 2.15. The van der Waals surface area contributed by atoms with Crippen LogP contribution < -0.4 is 16.6 Å². The maximum absolute atomic E-state index is 12.1. The van der Waals surface area contributed by atoms with Gasteiger partial charge in [-0.3, -0.25) is 20.7 Å². The zero-order chi connectivity index (χ0) is 13.0. The fourth-order valence-electron chi connectivity index (χ4n) is 1.56. The molecule has 0 aromatic carbocycles. The fourth-order valence-corrected chi connectivity index (χ4v) is 1.56. The van der Waals surface area contributed by atoms with E-state index in [1.165, 1.54) is 12.4 Å². The molecule has 94 valence electrons. The minimum absolute atomic E-state index is 0.143. The van der Waals surface area contributed by atoms with Gasteiger partial charge < -0.3 is 10.7 Å². The number of hydrogen-bond acceptors (Lipinski definition) is 5. The maximum Gasteiger partial charge on any atom is 0.254 e. The smallest absolute Gasteiger partial charge is 0.254 e. The van der Waals surface area contributed by atoms with E-state index in [1.807, 2.05) is 6.92 Å². The third kappa shape index (κ3) is 2.46. The third-order valence-corrected chi connectivity index (χ3v) is 2.59. The van der Waals surface area contributed by atoms with Crippen molar-refractivity contribution in [1.82, 2.24) is 20.5 Å². The van der Waals surface area contributed by atoms with Crippen LogP contribution in [0.3, 0.4) is 0 Å². The monoisotopic (exact) mass is 246 g/mol. The molecule has 18 heavy (non-hydrogen) atoms. The number of hydrogen-bond donors (Lipinski definition) is 4. The van der Waals surface area contributed by atoms with Crippen LogP contribution in [0.25, 0.3) is 0 Å². The van der Waals surface area contributed by atoms with Gasteiger partial charge in [0.1, 0.15) is 0 Å². The number of nitrogens with two attached hydrogens (primary N) is 1. The van der Waals surface area contributed by atoms with Gasteiger partial charge in [0.15, 0.2) is 0 Å². The number of H-pyrrole nitrogens is 1. The normalized spacial score (nSPS) is 11.9. The Morgan fingerprint density at radius 2 is 2.33 bits per heavy atom. The lowest BCUT2D eigenvalue weighted by atomic mass is 10.1. The number of hydrazine groups is 1. The molecular formula is C11H14N6O. The Labute approximate surface area is 104 Å². The van der Waals surface area contributed by atoms with Crippen molar-refractivity contribution in [3.05, 3.63) is 42.0 Å². The molecule has 0 aliphatic carbocycles. The van der Waals surface area contributed by atoms with Gasteiger partial charge in [-0.15, -0.1) is 0 Å². The van der Waals surface area contributed by atoms with Crippen LogP contribution in [0.1, 0.15) is 28.9 Å². The number of carbonyl (C=O) groups excluding carboxylic acids is 1. The highest BCUT2D eigenvalue weighted by molar-refractivity contribution is 5.99. The lowest BCUT2D eigenvalue weighted by Crippen LogP contribution is -2.27. The highest BCUT2D eigenvalue weighted by atomic mass is 16.1. The van der Waals surface area contributed by atoms with Crippen LogP contribution in [0.4, 0.5) is 5.69 Å². The van der Waals surface area contributed by atoms with Crippen molar-refractivity contribution in [1.29, 1.82) is 0 Å². The number of rotatable bonds is 4. The average Bonchev–Trinajstić information content (AvgIpc) is 2.92. The quantitative estimate of drug-likeness (QED) is 0.466. The molecule has 5 N–H and O–H groups in total. The topological polar surface area (TPSA) is 109 Å². The van der Waals surface area contributed by atoms with Crippen molar-refractivity contribution in [2.24, 2.45) is 5.84 Å². The van der Waals surface area contributed by atoms with Crippen LogP contribution in [-0.2, 0) is 0 Å². The van der Waals surface area contributed by atoms with Crippen LogP contribution in [0, 0.1) is 0 Å². The van der Waals surface area contributed by atoms with Gasteiger partial charge >= 0.3 is 0 Å². The van der Waals surface area contributed by atoms with Gasteiger partial charge in [0.2, 0.25) is 0 Å². The van der Waals surface area contributed by atoms with E-state index in [1.54, 1.807) is 18.5 Å². The molecule has 1 amide bonds. The van der Waals surface area contributed by atoms with E-state index in [0.29, 0.717) is 11.3 Å². The molecule has 7 nitrogen and oxygen atoms in total. The first-order valence-corrected chi connectivity index (χ1v) is 5.42. The lowest BCUT2D eigenvalue weighted by Gasteiger charge is -2.13. The van der Waals surface area contributed by atoms with Crippen molar-refractivity contribution in [2.45, 2.75) is 13.0 Å². The summed E-state index contributed by atoms with van der Waals surface area (Å²) in [6, 6.07) is 1.46. The Bertz CT molecular complexity index is 524. The number of nitrogen functional groups attached to an aromatic ring is 1. The van der Waals surface area contributed by atoms with E-state index in [-0.39, 0.29) is 11.9 Å². The van der Waals surface area contributed by atoms with Crippen LogP contribution >= 0.6 is 0 Å². The zero-order valence-corrected chi connectivity index (χ0v) is 9.84. The molecule has 1 atom stereocenters. The molecular weight excluding hydrogens is 232 g/mol. The van der Waals surface area contributed by atoms with Gasteiger partial charge in [0.05, 0.1) is 29.7 Å². The number of carbonyl (C=O) groups is 1. The minimum Gasteiger partial charge on any atom is -0.345 e. The van der Waals surface area contributed by atoms with E-state index >= 15 is 0 Å². The molecule has 2 aromatic rings. The van der Waals surface area contributed by atoms with Crippen molar-refractivity contribution in [3.63, 3.8) is 0 Å². The molecule has 0 aliphatic heterocycles. The molecule has 7 heteroatoms. The van der Waals surface area contributed by atoms with Crippen LogP contribution in [-0.4, -0.2) is 21.1 Å². The number of pyridine rings is 1. The number of nitrogens with one attached hydrogen (secondary N) is 3. The lowest BCUT2D eigenvalue weighted by molar-refractivity contribution is 0.0940. The second-order valence-corrected chi connectivity index (χ2v) is 3.79. The molecule has 0 bridgehead atoms. The van der Waals surface area contributed by atoms with Crippen molar-refractivity contribution < 1.29 is 4.79 Å².